The Labute approximate surface area is 168 Å². The van der Waals surface area contributed by atoms with Crippen molar-refractivity contribution in [2.75, 3.05) is 6.98 Å². The lowest BCUT2D eigenvalue weighted by Gasteiger charge is -2.12. The van der Waals surface area contributed by atoms with E-state index in [4.69, 9.17) is 4.11 Å². The highest BCUT2D eigenvalue weighted by atomic mass is 32.2. The Morgan fingerprint density at radius 2 is 1.76 bits per heavy atom. The maximum absolute atomic E-state index is 13.3. The number of halogens is 4. The van der Waals surface area contributed by atoms with E-state index in [0.29, 0.717) is 11.1 Å². The molecule has 10 heteroatoms. The van der Waals surface area contributed by atoms with Crippen molar-refractivity contribution in [3.8, 4) is 17.0 Å². The molecule has 29 heavy (non-hydrogen) atoms. The van der Waals surface area contributed by atoms with Crippen molar-refractivity contribution in [3.63, 3.8) is 0 Å². The Hall–Kier alpha value is -2.85. The Kier molecular flexibility index (Phi) is 4.63. The summed E-state index contributed by atoms with van der Waals surface area (Å²) in [5, 5.41) is 2.27. The average molecular weight is 431 g/mol. The minimum Gasteiger partial charge on any atom is -0.406 e. The van der Waals surface area contributed by atoms with E-state index in [0.717, 1.165) is 40.4 Å². The second kappa shape index (κ2) is 7.88. The van der Waals surface area contributed by atoms with Crippen LogP contribution in [-0.2, 0) is 16.6 Å². The van der Waals surface area contributed by atoms with E-state index >= 15 is 0 Å². The second-order valence-electron chi connectivity index (χ2n) is 5.91. The summed E-state index contributed by atoms with van der Waals surface area (Å²) >= 11 is 0. The molecule has 154 valence electrons. The van der Waals surface area contributed by atoms with Crippen LogP contribution in [0.15, 0.2) is 65.7 Å². The summed E-state index contributed by atoms with van der Waals surface area (Å²) in [5.41, 5.74) is 0.746. The first-order valence-corrected chi connectivity index (χ1v) is 9.52. The standard InChI is InChI=1S/C19H16F4N2O3S/c1-24-11-13-10-18(14-2-4-15(20)5-3-14)25(12-13)29(26,27)17-8-6-16(7-9-17)28-19(21,22)23/h2-10,12,24H,11H2,1H3/i1D3. The molecule has 0 aliphatic rings. The number of ether oxygens (including phenoxy) is 1. The monoisotopic (exact) mass is 431 g/mol. The van der Waals surface area contributed by atoms with Crippen LogP contribution in [0, 0.1) is 5.82 Å². The van der Waals surface area contributed by atoms with E-state index in [1.165, 1.54) is 24.4 Å². The zero-order chi connectivity index (χ0) is 23.7. The molecule has 0 fully saturated rings. The molecule has 0 atom stereocenters. The number of hydrogen-bond donors (Lipinski definition) is 1. The highest BCUT2D eigenvalue weighted by Crippen LogP contribution is 2.29. The van der Waals surface area contributed by atoms with Crippen molar-refractivity contribution in [2.45, 2.75) is 17.8 Å². The van der Waals surface area contributed by atoms with Gasteiger partial charge < -0.3 is 10.1 Å². The van der Waals surface area contributed by atoms with Crippen molar-refractivity contribution in [1.29, 1.82) is 0 Å². The Morgan fingerprint density at radius 1 is 1.10 bits per heavy atom. The van der Waals surface area contributed by atoms with Crippen LogP contribution in [0.2, 0.25) is 0 Å². The van der Waals surface area contributed by atoms with Gasteiger partial charge in [-0.15, -0.1) is 13.2 Å². The molecule has 1 aromatic heterocycles. The minimum absolute atomic E-state index is 0.114. The van der Waals surface area contributed by atoms with Crippen LogP contribution in [0.3, 0.4) is 0 Å². The van der Waals surface area contributed by atoms with E-state index in [1.807, 2.05) is 0 Å². The van der Waals surface area contributed by atoms with Crippen LogP contribution in [0.5, 0.6) is 5.75 Å². The third-order valence-corrected chi connectivity index (χ3v) is 5.58. The lowest BCUT2D eigenvalue weighted by molar-refractivity contribution is -0.274. The van der Waals surface area contributed by atoms with E-state index in [2.05, 4.69) is 10.1 Å². The van der Waals surface area contributed by atoms with E-state index in [-0.39, 0.29) is 17.1 Å². The average Bonchev–Trinajstić information content (AvgIpc) is 3.11. The molecule has 3 aromatic rings. The SMILES string of the molecule is [2H]C([2H])([2H])NCc1cc(-c2ccc(F)cc2)n(S(=O)(=O)c2ccc(OC(F)(F)F)cc2)c1. The summed E-state index contributed by atoms with van der Waals surface area (Å²) in [4.78, 5) is -0.332. The van der Waals surface area contributed by atoms with Crippen LogP contribution in [-0.4, -0.2) is 25.7 Å². The summed E-state index contributed by atoms with van der Waals surface area (Å²) in [5.74, 6) is -1.13. The molecule has 0 radical (unpaired) electrons. The number of nitrogens with zero attached hydrogens (tertiary/aromatic N) is 1. The van der Waals surface area contributed by atoms with Gasteiger partial charge in [-0.25, -0.2) is 16.8 Å². The molecule has 3 rings (SSSR count). The maximum Gasteiger partial charge on any atom is 0.573 e. The molecule has 0 unspecified atom stereocenters. The van der Waals surface area contributed by atoms with Gasteiger partial charge in [0, 0.05) is 16.9 Å². The van der Waals surface area contributed by atoms with Gasteiger partial charge in [0.05, 0.1) is 10.6 Å². The molecular formula is C19H16F4N2O3S. The predicted molar refractivity (Wildman–Crippen MR) is 98.3 cm³/mol. The Bertz CT molecular complexity index is 1190. The zero-order valence-electron chi connectivity index (χ0n) is 17.6. The molecule has 0 saturated heterocycles. The summed E-state index contributed by atoms with van der Waals surface area (Å²) < 4.78 is 103. The number of rotatable bonds is 6. The largest absolute Gasteiger partial charge is 0.573 e. The Balaban J connectivity index is 2.03. The molecular weight excluding hydrogens is 412 g/mol. The molecule has 0 aliphatic carbocycles. The molecule has 0 spiro atoms. The predicted octanol–water partition coefficient (Wildman–Crippen LogP) is 4.15. The van der Waals surface area contributed by atoms with Crippen molar-refractivity contribution in [1.82, 2.24) is 9.29 Å². The van der Waals surface area contributed by atoms with Crippen LogP contribution in [0.4, 0.5) is 17.6 Å². The summed E-state index contributed by atoms with van der Waals surface area (Å²) in [7, 11) is -4.30. The van der Waals surface area contributed by atoms with Gasteiger partial charge in [0.1, 0.15) is 11.6 Å². The lowest BCUT2D eigenvalue weighted by Crippen LogP contribution is -2.17. The Morgan fingerprint density at radius 3 is 2.34 bits per heavy atom. The highest BCUT2D eigenvalue weighted by molar-refractivity contribution is 7.90. The van der Waals surface area contributed by atoms with Crippen molar-refractivity contribution in [3.05, 3.63) is 72.2 Å². The number of alkyl halides is 3. The zero-order valence-corrected chi connectivity index (χ0v) is 15.4. The number of hydrogen-bond acceptors (Lipinski definition) is 4. The third-order valence-electron chi connectivity index (χ3n) is 3.89. The maximum atomic E-state index is 13.3. The first-order chi connectivity index (χ1) is 14.7. The molecule has 2 aromatic carbocycles. The van der Waals surface area contributed by atoms with Gasteiger partial charge in [0.15, 0.2) is 0 Å². The second-order valence-corrected chi connectivity index (χ2v) is 7.73. The number of aromatic nitrogens is 1. The molecule has 1 heterocycles. The van der Waals surface area contributed by atoms with Crippen molar-refractivity contribution < 1.29 is 34.8 Å². The van der Waals surface area contributed by atoms with Crippen LogP contribution < -0.4 is 10.1 Å². The molecule has 0 bridgehead atoms. The van der Waals surface area contributed by atoms with Crippen LogP contribution in [0.25, 0.3) is 11.3 Å². The van der Waals surface area contributed by atoms with Gasteiger partial charge >= 0.3 is 6.36 Å². The topological polar surface area (TPSA) is 60.3 Å². The van der Waals surface area contributed by atoms with Crippen molar-refractivity contribution in [2.24, 2.45) is 0 Å². The van der Waals surface area contributed by atoms with Crippen LogP contribution in [0.1, 0.15) is 9.68 Å². The van der Waals surface area contributed by atoms with E-state index < -0.39 is 34.9 Å². The van der Waals surface area contributed by atoms with E-state index in [9.17, 15) is 26.0 Å². The van der Waals surface area contributed by atoms with Gasteiger partial charge in [0.25, 0.3) is 10.0 Å². The van der Waals surface area contributed by atoms with Gasteiger partial charge in [-0.2, -0.15) is 0 Å². The molecule has 5 nitrogen and oxygen atoms in total. The van der Waals surface area contributed by atoms with Crippen LogP contribution >= 0.6 is 0 Å². The third kappa shape index (κ3) is 4.77. The number of nitrogens with one attached hydrogen (secondary N) is 1. The lowest BCUT2D eigenvalue weighted by atomic mass is 10.1. The quantitative estimate of drug-likeness (QED) is 0.596. The van der Waals surface area contributed by atoms with Gasteiger partial charge in [-0.05, 0) is 72.7 Å². The van der Waals surface area contributed by atoms with Gasteiger partial charge in [-0.3, -0.25) is 0 Å². The smallest absolute Gasteiger partial charge is 0.406 e. The fourth-order valence-corrected chi connectivity index (χ4v) is 4.05. The first-order valence-electron chi connectivity index (χ1n) is 9.58. The normalized spacial score (nSPS) is 14.1. The summed E-state index contributed by atoms with van der Waals surface area (Å²) in [6, 6.07) is 9.99. The highest BCUT2D eigenvalue weighted by Gasteiger charge is 2.31. The first kappa shape index (κ1) is 17.0. The molecule has 1 N–H and O–H groups in total. The summed E-state index contributed by atoms with van der Waals surface area (Å²) in [6.45, 7) is -2.66. The van der Waals surface area contributed by atoms with Crippen molar-refractivity contribution >= 4 is 10.0 Å². The van der Waals surface area contributed by atoms with Gasteiger partial charge in [-0.1, -0.05) is 0 Å². The molecule has 0 amide bonds. The molecule has 0 saturated carbocycles. The fourth-order valence-electron chi connectivity index (χ4n) is 2.65. The fraction of sp³-hybridized carbons (Fsp3) is 0.158. The number of benzene rings is 2. The van der Waals surface area contributed by atoms with E-state index in [1.54, 1.807) is 0 Å². The minimum atomic E-state index is -4.93. The summed E-state index contributed by atoms with van der Waals surface area (Å²) in [6.07, 6.45) is -3.74. The van der Waals surface area contributed by atoms with Gasteiger partial charge in [0.2, 0.25) is 0 Å². The molecule has 0 aliphatic heterocycles.